The van der Waals surface area contributed by atoms with Crippen LogP contribution in [0.1, 0.15) is 33.1 Å². The third-order valence-electron chi connectivity index (χ3n) is 2.41. The van der Waals surface area contributed by atoms with Gasteiger partial charge in [-0.3, -0.25) is 24.0 Å². The monoisotopic (exact) mass is 352 g/mol. The van der Waals surface area contributed by atoms with Gasteiger partial charge < -0.3 is 24.1 Å². The molecule has 0 aliphatic rings. The molecule has 10 nitrogen and oxygen atoms in total. The van der Waals surface area contributed by atoms with Crippen molar-refractivity contribution in [3.63, 3.8) is 0 Å². The molecule has 0 rings (SSSR count). The number of esters is 4. The van der Waals surface area contributed by atoms with Crippen LogP contribution in [-0.4, -0.2) is 66.3 Å². The first-order chi connectivity index (χ1) is 13.3. The first kappa shape index (κ1) is 15.1. The molecular weight excluding hydrogens is 328 g/mol. The maximum absolute atomic E-state index is 11.6. The zero-order valence-corrected chi connectivity index (χ0v) is 12.5. The number of ether oxygens (including phenoxy) is 4. The van der Waals surface area contributed by atoms with Gasteiger partial charge in [0, 0.05) is 33.1 Å². The normalized spacial score (nSPS) is 17.4. The second-order valence-corrected chi connectivity index (χ2v) is 4.21. The van der Waals surface area contributed by atoms with E-state index in [-0.39, 0.29) is 6.29 Å². The summed E-state index contributed by atoms with van der Waals surface area (Å²) in [6.45, 7) is -4.67. The van der Waals surface area contributed by atoms with Crippen LogP contribution < -0.4 is 0 Å². The molecule has 0 saturated heterocycles. The molecule has 136 valence electrons. The van der Waals surface area contributed by atoms with E-state index < -0.39 is 82.5 Å². The quantitative estimate of drug-likeness (QED) is 0.309. The molecular formula is C14H20O10. The maximum atomic E-state index is 11.6. The number of hydrogen-bond donors (Lipinski definition) is 1. The van der Waals surface area contributed by atoms with Crippen LogP contribution in [0.4, 0.5) is 0 Å². The Bertz CT molecular complexity index is 558. The summed E-state index contributed by atoms with van der Waals surface area (Å²) in [5.74, 6) is -4.84. The van der Waals surface area contributed by atoms with Crippen LogP contribution >= 0.6 is 0 Å². The van der Waals surface area contributed by atoms with Crippen LogP contribution in [0.2, 0.25) is 0 Å². The molecule has 0 aromatic rings. The van der Waals surface area contributed by atoms with Crippen LogP contribution in [0, 0.1) is 0 Å². The summed E-state index contributed by atoms with van der Waals surface area (Å²) in [4.78, 5) is 57.3. The molecule has 24 heavy (non-hydrogen) atoms. The van der Waals surface area contributed by atoms with Gasteiger partial charge in [0.15, 0.2) is 30.7 Å². The smallest absolute Gasteiger partial charge is 0.303 e. The number of carbonyl (C=O) groups is 5. The minimum absolute atomic E-state index is 0.0161. The Kier molecular flexibility index (Phi) is 6.47. The van der Waals surface area contributed by atoms with E-state index in [4.69, 9.17) is 19.7 Å². The SMILES string of the molecule is [2H]CC(=O)O[C@@H]([C@H](OC(=O)C[2H])[C@@H](CO)OC(=O)C[2H])[C@@H](C=O)OC(=O)C[2H]. The van der Waals surface area contributed by atoms with Crippen molar-refractivity contribution in [1.82, 2.24) is 0 Å². The summed E-state index contributed by atoms with van der Waals surface area (Å²) in [6.07, 6.45) is -7.59. The molecule has 1 N–H and O–H groups in total. The zero-order chi connectivity index (χ0) is 21.7. The van der Waals surface area contributed by atoms with E-state index in [9.17, 15) is 29.1 Å². The van der Waals surface area contributed by atoms with Gasteiger partial charge in [-0.05, 0) is 0 Å². The van der Waals surface area contributed by atoms with Gasteiger partial charge in [0.05, 0.1) is 6.61 Å². The molecule has 0 aliphatic carbocycles. The van der Waals surface area contributed by atoms with Crippen LogP contribution in [0.15, 0.2) is 0 Å². The van der Waals surface area contributed by atoms with Gasteiger partial charge in [-0.25, -0.2) is 0 Å². The number of aldehydes is 1. The highest BCUT2D eigenvalue weighted by Gasteiger charge is 2.43. The Morgan fingerprint density at radius 2 is 1.33 bits per heavy atom. The second kappa shape index (κ2) is 10.3. The molecule has 0 spiro atoms. The number of rotatable bonds is 9. The van der Waals surface area contributed by atoms with E-state index in [0.29, 0.717) is 0 Å². The summed E-state index contributed by atoms with van der Waals surface area (Å²) in [6, 6.07) is 0. The Morgan fingerprint density at radius 3 is 1.79 bits per heavy atom. The number of carbonyl (C=O) groups excluding carboxylic acids is 5. The van der Waals surface area contributed by atoms with Crippen LogP contribution in [0.5, 0.6) is 0 Å². The Morgan fingerprint density at radius 1 is 0.875 bits per heavy atom. The third kappa shape index (κ3) is 7.68. The highest BCUT2D eigenvalue weighted by molar-refractivity contribution is 5.72. The zero-order valence-electron chi connectivity index (χ0n) is 16.5. The average Bonchev–Trinajstić information content (AvgIpc) is 2.71. The summed E-state index contributed by atoms with van der Waals surface area (Å²) < 4.78 is 46.9. The van der Waals surface area contributed by atoms with Crippen LogP contribution in [-0.2, 0) is 42.9 Å². The summed E-state index contributed by atoms with van der Waals surface area (Å²) in [5.41, 5.74) is 0. The predicted molar refractivity (Wildman–Crippen MR) is 75.4 cm³/mol. The molecule has 0 fully saturated rings. The van der Waals surface area contributed by atoms with E-state index >= 15 is 0 Å². The fraction of sp³-hybridized carbons (Fsp3) is 0.643. The Labute approximate surface area is 143 Å². The Hall–Kier alpha value is -2.49. The highest BCUT2D eigenvalue weighted by Crippen LogP contribution is 2.18. The number of hydrogen-bond acceptors (Lipinski definition) is 10. The fourth-order valence-electron chi connectivity index (χ4n) is 1.68. The van der Waals surface area contributed by atoms with E-state index in [1.165, 1.54) is 0 Å². The van der Waals surface area contributed by atoms with E-state index in [2.05, 4.69) is 4.74 Å². The molecule has 0 saturated carbocycles. The molecule has 0 unspecified atom stereocenters. The van der Waals surface area contributed by atoms with E-state index in [1.807, 2.05) is 0 Å². The topological polar surface area (TPSA) is 142 Å². The maximum Gasteiger partial charge on any atom is 0.303 e. The molecule has 0 amide bonds. The van der Waals surface area contributed by atoms with Gasteiger partial charge in [-0.1, -0.05) is 0 Å². The lowest BCUT2D eigenvalue weighted by molar-refractivity contribution is -0.199. The molecule has 4 atom stereocenters. The fourth-order valence-corrected chi connectivity index (χ4v) is 1.68. The van der Waals surface area contributed by atoms with E-state index in [1.54, 1.807) is 0 Å². The lowest BCUT2D eigenvalue weighted by Gasteiger charge is -2.33. The van der Waals surface area contributed by atoms with Crippen molar-refractivity contribution < 1.29 is 53.5 Å². The average molecular weight is 352 g/mol. The van der Waals surface area contributed by atoms with Crippen LogP contribution in [0.3, 0.4) is 0 Å². The summed E-state index contributed by atoms with van der Waals surface area (Å²) in [7, 11) is 0. The molecule has 0 bridgehead atoms. The third-order valence-corrected chi connectivity index (χ3v) is 2.41. The predicted octanol–water partition coefficient (Wildman–Crippen LogP) is -1.10. The van der Waals surface area contributed by atoms with Gasteiger partial charge in [0.25, 0.3) is 0 Å². The minimum Gasteiger partial charge on any atom is -0.456 e. The lowest BCUT2D eigenvalue weighted by atomic mass is 10.0. The molecule has 10 heteroatoms. The van der Waals surface area contributed by atoms with Gasteiger partial charge >= 0.3 is 23.9 Å². The highest BCUT2D eigenvalue weighted by atomic mass is 16.6. The number of aliphatic hydroxyl groups is 1. The van der Waals surface area contributed by atoms with Crippen molar-refractivity contribution >= 4 is 30.2 Å². The van der Waals surface area contributed by atoms with Gasteiger partial charge in [0.2, 0.25) is 0 Å². The van der Waals surface area contributed by atoms with Crippen LogP contribution in [0.25, 0.3) is 0 Å². The van der Waals surface area contributed by atoms with Crippen molar-refractivity contribution in [3.8, 4) is 0 Å². The van der Waals surface area contributed by atoms with E-state index in [0.717, 1.165) is 0 Å². The Balaban J connectivity index is 6.02. The summed E-state index contributed by atoms with van der Waals surface area (Å²) in [5, 5.41) is 9.47. The first-order valence-electron chi connectivity index (χ1n) is 9.11. The largest absolute Gasteiger partial charge is 0.456 e. The van der Waals surface area contributed by atoms with Crippen molar-refractivity contribution in [2.45, 2.75) is 52.0 Å². The van der Waals surface area contributed by atoms with Gasteiger partial charge in [0.1, 0.15) is 0 Å². The number of aliphatic hydroxyl groups excluding tert-OH is 1. The molecule has 0 aromatic heterocycles. The van der Waals surface area contributed by atoms with Crippen molar-refractivity contribution in [3.05, 3.63) is 0 Å². The van der Waals surface area contributed by atoms with Crippen molar-refractivity contribution in [2.24, 2.45) is 0 Å². The molecule has 0 radical (unpaired) electrons. The summed E-state index contributed by atoms with van der Waals surface area (Å²) >= 11 is 0. The first-order valence-corrected chi connectivity index (χ1v) is 6.28. The van der Waals surface area contributed by atoms with Crippen molar-refractivity contribution in [2.75, 3.05) is 6.61 Å². The standard InChI is InChI=1S/C14H20O10/c1-7(17)21-11(5-15)13(23-9(3)19)14(24-10(4)20)12(6-16)22-8(2)18/h5,11-14,16H,6H2,1-4H3/t11-,12-,13-,14-/m1/s1/i1D,2D,3D,4D. The van der Waals surface area contributed by atoms with Gasteiger partial charge in [-0.15, -0.1) is 0 Å². The molecule has 0 heterocycles. The van der Waals surface area contributed by atoms with Gasteiger partial charge in [-0.2, -0.15) is 0 Å². The molecule has 0 aliphatic heterocycles. The van der Waals surface area contributed by atoms with Crippen molar-refractivity contribution in [1.29, 1.82) is 0 Å². The minimum atomic E-state index is -1.96. The second-order valence-electron chi connectivity index (χ2n) is 4.21. The molecule has 0 aromatic carbocycles. The lowest BCUT2D eigenvalue weighted by Crippen LogP contribution is -2.53.